The van der Waals surface area contributed by atoms with Crippen LogP contribution in [0.3, 0.4) is 0 Å². The lowest BCUT2D eigenvalue weighted by molar-refractivity contribution is -0.121. The summed E-state index contributed by atoms with van der Waals surface area (Å²) in [6.45, 7) is 3.12. The molecule has 0 aliphatic rings. The minimum Gasteiger partial charge on any atom is -0.341 e. The van der Waals surface area contributed by atoms with Crippen LogP contribution in [0.4, 0.5) is 13.6 Å². The molecule has 3 amide bonds. The fourth-order valence-corrected chi connectivity index (χ4v) is 1.67. The Bertz CT molecular complexity index is 508. The van der Waals surface area contributed by atoms with Crippen molar-refractivity contribution in [3.8, 4) is 0 Å². The maximum absolute atomic E-state index is 13.6. The fourth-order valence-electron chi connectivity index (χ4n) is 1.67. The van der Waals surface area contributed by atoms with Gasteiger partial charge in [-0.2, -0.15) is 0 Å². The molecule has 0 aromatic heterocycles. The first-order chi connectivity index (χ1) is 9.35. The Kier molecular flexibility index (Phi) is 5.57. The van der Waals surface area contributed by atoms with Crippen molar-refractivity contribution < 1.29 is 18.4 Å². The minimum atomic E-state index is -0.745. The van der Waals surface area contributed by atoms with Crippen molar-refractivity contribution in [3.63, 3.8) is 0 Å². The summed E-state index contributed by atoms with van der Waals surface area (Å²) in [4.78, 5) is 22.6. The average molecular weight is 285 g/mol. The van der Waals surface area contributed by atoms with Crippen LogP contribution in [0, 0.1) is 11.6 Å². The highest BCUT2D eigenvalue weighted by Crippen LogP contribution is 2.18. The summed E-state index contributed by atoms with van der Waals surface area (Å²) in [5.74, 6) is -1.68. The number of imide groups is 1. The molecular formula is C13H17F2N3O2. The molecule has 0 radical (unpaired) electrons. The predicted molar refractivity (Wildman–Crippen MR) is 70.0 cm³/mol. The van der Waals surface area contributed by atoms with Crippen molar-refractivity contribution in [3.05, 3.63) is 35.4 Å². The molecule has 1 rings (SSSR count). The average Bonchev–Trinajstić information content (AvgIpc) is 2.40. The molecule has 1 aromatic carbocycles. The first-order valence-corrected chi connectivity index (χ1v) is 6.08. The molecule has 0 bridgehead atoms. The fraction of sp³-hybridized carbons (Fsp3) is 0.385. The number of carbonyl (C=O) groups excluding carboxylic acids is 2. The van der Waals surface area contributed by atoms with Gasteiger partial charge in [-0.3, -0.25) is 15.4 Å². The second-order valence-electron chi connectivity index (χ2n) is 4.34. The lowest BCUT2D eigenvalue weighted by atomic mass is 10.1. The summed E-state index contributed by atoms with van der Waals surface area (Å²) in [5.41, 5.74) is 0.115. The molecule has 3 N–H and O–H groups in total. The van der Waals surface area contributed by atoms with E-state index in [9.17, 15) is 18.4 Å². The molecule has 1 aromatic rings. The topological polar surface area (TPSA) is 70.2 Å². The molecule has 0 saturated heterocycles. The van der Waals surface area contributed by atoms with Gasteiger partial charge in [0.1, 0.15) is 11.6 Å². The van der Waals surface area contributed by atoms with E-state index in [1.165, 1.54) is 14.0 Å². The summed E-state index contributed by atoms with van der Waals surface area (Å²) in [7, 11) is 1.38. The van der Waals surface area contributed by atoms with E-state index in [1.54, 1.807) is 6.92 Å². The number of benzene rings is 1. The Labute approximate surface area is 115 Å². The smallest absolute Gasteiger partial charge is 0.321 e. The third-order valence-electron chi connectivity index (χ3n) is 2.78. The van der Waals surface area contributed by atoms with Gasteiger partial charge in [0.2, 0.25) is 5.91 Å². The van der Waals surface area contributed by atoms with Crippen molar-refractivity contribution in [1.82, 2.24) is 16.0 Å². The minimum absolute atomic E-state index is 0.115. The van der Waals surface area contributed by atoms with E-state index >= 15 is 0 Å². The number of urea groups is 1. The first-order valence-electron chi connectivity index (χ1n) is 6.08. The lowest BCUT2D eigenvalue weighted by Gasteiger charge is -2.20. The Balaban J connectivity index is 2.70. The SMILES string of the molecule is CNC(=O)NC(=O)[C@@H](C)N[C@H](C)c1cc(F)ccc1F. The monoisotopic (exact) mass is 285 g/mol. The molecule has 0 unspecified atom stereocenters. The quantitative estimate of drug-likeness (QED) is 0.784. The highest BCUT2D eigenvalue weighted by Gasteiger charge is 2.19. The summed E-state index contributed by atoms with van der Waals surface area (Å²) in [6.07, 6.45) is 0. The van der Waals surface area contributed by atoms with Gasteiger partial charge in [-0.1, -0.05) is 0 Å². The summed E-state index contributed by atoms with van der Waals surface area (Å²) in [6, 6.07) is 1.15. The summed E-state index contributed by atoms with van der Waals surface area (Å²) < 4.78 is 26.7. The first kappa shape index (κ1) is 16.0. The van der Waals surface area contributed by atoms with Gasteiger partial charge in [0.25, 0.3) is 0 Å². The van der Waals surface area contributed by atoms with Gasteiger partial charge < -0.3 is 5.32 Å². The maximum atomic E-state index is 13.6. The zero-order valence-electron chi connectivity index (χ0n) is 11.5. The number of nitrogens with one attached hydrogen (secondary N) is 3. The molecule has 0 aliphatic heterocycles. The predicted octanol–water partition coefficient (Wildman–Crippen LogP) is 1.46. The van der Waals surface area contributed by atoms with E-state index in [0.29, 0.717) is 0 Å². The van der Waals surface area contributed by atoms with Crippen LogP contribution >= 0.6 is 0 Å². The van der Waals surface area contributed by atoms with E-state index < -0.39 is 35.7 Å². The van der Waals surface area contributed by atoms with Crippen LogP contribution in [0.15, 0.2) is 18.2 Å². The summed E-state index contributed by atoms with van der Waals surface area (Å²) in [5, 5.41) is 7.13. The van der Waals surface area contributed by atoms with Gasteiger partial charge in [0, 0.05) is 18.7 Å². The molecule has 5 nitrogen and oxygen atoms in total. The molecule has 0 spiro atoms. The zero-order chi connectivity index (χ0) is 15.3. The van der Waals surface area contributed by atoms with Crippen LogP contribution in [0.1, 0.15) is 25.5 Å². The van der Waals surface area contributed by atoms with Crippen LogP contribution < -0.4 is 16.0 Å². The van der Waals surface area contributed by atoms with Gasteiger partial charge in [0.15, 0.2) is 0 Å². The normalized spacial score (nSPS) is 13.4. The number of amides is 3. The van der Waals surface area contributed by atoms with Crippen LogP contribution in [0.5, 0.6) is 0 Å². The molecule has 0 heterocycles. The van der Waals surface area contributed by atoms with Crippen molar-refractivity contribution >= 4 is 11.9 Å². The van der Waals surface area contributed by atoms with E-state index in [4.69, 9.17) is 0 Å². The third-order valence-corrected chi connectivity index (χ3v) is 2.78. The second-order valence-corrected chi connectivity index (χ2v) is 4.34. The lowest BCUT2D eigenvalue weighted by Crippen LogP contribution is -2.47. The summed E-state index contributed by atoms with van der Waals surface area (Å²) >= 11 is 0. The highest BCUT2D eigenvalue weighted by atomic mass is 19.1. The molecular weight excluding hydrogens is 268 g/mol. The Morgan fingerprint density at radius 1 is 1.20 bits per heavy atom. The van der Waals surface area contributed by atoms with Gasteiger partial charge in [-0.15, -0.1) is 0 Å². The molecule has 0 aliphatic carbocycles. The van der Waals surface area contributed by atoms with Crippen molar-refractivity contribution in [2.24, 2.45) is 0 Å². The molecule has 0 fully saturated rings. The maximum Gasteiger partial charge on any atom is 0.321 e. The van der Waals surface area contributed by atoms with Crippen molar-refractivity contribution in [1.29, 1.82) is 0 Å². The van der Waals surface area contributed by atoms with Gasteiger partial charge >= 0.3 is 6.03 Å². The second kappa shape index (κ2) is 6.95. The highest BCUT2D eigenvalue weighted by molar-refractivity contribution is 5.96. The van der Waals surface area contributed by atoms with Crippen LogP contribution in [0.25, 0.3) is 0 Å². The molecule has 0 saturated carbocycles. The van der Waals surface area contributed by atoms with Crippen LogP contribution in [0.2, 0.25) is 0 Å². The Morgan fingerprint density at radius 3 is 2.45 bits per heavy atom. The van der Waals surface area contributed by atoms with E-state index in [-0.39, 0.29) is 5.56 Å². The van der Waals surface area contributed by atoms with E-state index in [2.05, 4.69) is 16.0 Å². The van der Waals surface area contributed by atoms with Crippen LogP contribution in [-0.4, -0.2) is 25.0 Å². The largest absolute Gasteiger partial charge is 0.341 e. The molecule has 7 heteroatoms. The number of halogens is 2. The van der Waals surface area contributed by atoms with Gasteiger partial charge in [-0.05, 0) is 32.0 Å². The number of carbonyl (C=O) groups is 2. The molecule has 2 atom stereocenters. The van der Waals surface area contributed by atoms with Crippen molar-refractivity contribution in [2.45, 2.75) is 25.9 Å². The zero-order valence-corrected chi connectivity index (χ0v) is 11.5. The van der Waals surface area contributed by atoms with Gasteiger partial charge in [0.05, 0.1) is 6.04 Å². The van der Waals surface area contributed by atoms with E-state index in [0.717, 1.165) is 18.2 Å². The third kappa shape index (κ3) is 4.27. The molecule has 110 valence electrons. The van der Waals surface area contributed by atoms with Crippen molar-refractivity contribution in [2.75, 3.05) is 7.05 Å². The Hall–Kier alpha value is -2.02. The standard InChI is InChI=1S/C13H17F2N3O2/c1-7(10-6-9(14)4-5-11(10)15)17-8(2)12(19)18-13(20)16-3/h4-8,17H,1-3H3,(H2,16,18,19,20)/t7-,8-/m1/s1. The number of rotatable bonds is 4. The van der Waals surface area contributed by atoms with E-state index in [1.807, 2.05) is 0 Å². The molecule has 20 heavy (non-hydrogen) atoms. The number of hydrogen-bond acceptors (Lipinski definition) is 3. The van der Waals surface area contributed by atoms with Crippen LogP contribution in [-0.2, 0) is 4.79 Å². The van der Waals surface area contributed by atoms with Gasteiger partial charge in [-0.25, -0.2) is 13.6 Å². The number of hydrogen-bond donors (Lipinski definition) is 3. The Morgan fingerprint density at radius 2 is 1.85 bits per heavy atom.